The van der Waals surface area contributed by atoms with E-state index in [1.807, 2.05) is 19.9 Å². The Morgan fingerprint density at radius 1 is 1.29 bits per heavy atom. The van der Waals surface area contributed by atoms with Crippen LogP contribution in [0.25, 0.3) is 0 Å². The maximum atomic E-state index is 11.3. The Hall–Kier alpha value is -1.68. The van der Waals surface area contributed by atoms with E-state index in [0.717, 1.165) is 12.0 Å². The van der Waals surface area contributed by atoms with Crippen molar-refractivity contribution in [2.45, 2.75) is 33.6 Å². The molecule has 2 N–H and O–H groups in total. The first-order valence-electron chi connectivity index (χ1n) is 5.50. The van der Waals surface area contributed by atoms with E-state index in [4.69, 9.17) is 5.21 Å². The summed E-state index contributed by atoms with van der Waals surface area (Å²) in [6, 6.07) is 0. The van der Waals surface area contributed by atoms with Crippen molar-refractivity contribution in [3.05, 3.63) is 35.5 Å². The third kappa shape index (κ3) is 7.25. The minimum atomic E-state index is -0.468. The normalized spacial score (nSPS) is 12.9. The molecule has 0 aromatic heterocycles. The van der Waals surface area contributed by atoms with Gasteiger partial charge in [-0.1, -0.05) is 30.7 Å². The number of carbonyl (C=O) groups excluding carboxylic acids is 2. The van der Waals surface area contributed by atoms with Crippen LogP contribution in [-0.4, -0.2) is 16.9 Å². The first-order valence-corrected chi connectivity index (χ1v) is 5.50. The largest absolute Gasteiger partial charge is 0.295 e. The summed E-state index contributed by atoms with van der Waals surface area (Å²) in [7, 11) is 0. The molecule has 0 atom stereocenters. The highest BCUT2D eigenvalue weighted by atomic mass is 16.5. The van der Waals surface area contributed by atoms with E-state index in [1.54, 1.807) is 23.7 Å². The minimum Gasteiger partial charge on any atom is -0.295 e. The second-order valence-electron chi connectivity index (χ2n) is 3.65. The summed E-state index contributed by atoms with van der Waals surface area (Å²) in [4.78, 5) is 22.0. The second kappa shape index (κ2) is 8.47. The van der Waals surface area contributed by atoms with Gasteiger partial charge in [0.05, 0.1) is 0 Å². The molecule has 0 aromatic carbocycles. The van der Waals surface area contributed by atoms with Crippen molar-refractivity contribution in [1.82, 2.24) is 5.48 Å². The number of rotatable bonds is 6. The van der Waals surface area contributed by atoms with Gasteiger partial charge >= 0.3 is 0 Å². The third-order valence-electron chi connectivity index (χ3n) is 2.02. The number of hydrogen-bond donors (Lipinski definition) is 2. The van der Waals surface area contributed by atoms with Crippen molar-refractivity contribution in [3.8, 4) is 0 Å². The van der Waals surface area contributed by atoms with E-state index >= 15 is 0 Å². The average molecular weight is 237 g/mol. The van der Waals surface area contributed by atoms with E-state index in [9.17, 15) is 9.59 Å². The van der Waals surface area contributed by atoms with Gasteiger partial charge in [0.25, 0.3) is 0 Å². The SMILES string of the molecule is CC\C=C(/C=C(C)/C=C/CC(=O)NO)C(C)=O. The van der Waals surface area contributed by atoms with Crippen molar-refractivity contribution in [2.24, 2.45) is 0 Å². The summed E-state index contributed by atoms with van der Waals surface area (Å²) < 4.78 is 0. The highest BCUT2D eigenvalue weighted by Gasteiger charge is 1.99. The van der Waals surface area contributed by atoms with E-state index in [0.29, 0.717) is 5.57 Å². The molecule has 0 unspecified atom stereocenters. The van der Waals surface area contributed by atoms with Gasteiger partial charge in [-0.25, -0.2) is 5.48 Å². The summed E-state index contributed by atoms with van der Waals surface area (Å²) in [5.74, 6) is -0.447. The molecule has 4 heteroatoms. The van der Waals surface area contributed by atoms with Crippen LogP contribution in [0, 0.1) is 0 Å². The van der Waals surface area contributed by atoms with Gasteiger partial charge in [0.2, 0.25) is 5.91 Å². The van der Waals surface area contributed by atoms with E-state index in [1.165, 1.54) is 6.92 Å². The average Bonchev–Trinajstić information content (AvgIpc) is 2.28. The molecule has 0 aliphatic rings. The fourth-order valence-corrected chi connectivity index (χ4v) is 1.22. The molecule has 0 heterocycles. The number of ketones is 1. The minimum absolute atomic E-state index is 0.0210. The molecule has 0 aliphatic carbocycles. The Morgan fingerprint density at radius 2 is 1.94 bits per heavy atom. The van der Waals surface area contributed by atoms with E-state index in [-0.39, 0.29) is 12.2 Å². The summed E-state index contributed by atoms with van der Waals surface area (Å²) >= 11 is 0. The number of nitrogens with one attached hydrogen (secondary N) is 1. The summed E-state index contributed by atoms with van der Waals surface area (Å²) in [5.41, 5.74) is 3.09. The highest BCUT2D eigenvalue weighted by Crippen LogP contribution is 2.06. The molecule has 0 aromatic rings. The van der Waals surface area contributed by atoms with E-state index < -0.39 is 5.91 Å². The van der Waals surface area contributed by atoms with Crippen LogP contribution in [0.3, 0.4) is 0 Å². The van der Waals surface area contributed by atoms with Gasteiger partial charge in [0.15, 0.2) is 5.78 Å². The lowest BCUT2D eigenvalue weighted by molar-refractivity contribution is -0.128. The molecule has 0 aliphatic heterocycles. The van der Waals surface area contributed by atoms with Gasteiger partial charge in [-0.3, -0.25) is 14.8 Å². The highest BCUT2D eigenvalue weighted by molar-refractivity contribution is 5.96. The Morgan fingerprint density at radius 3 is 2.41 bits per heavy atom. The second-order valence-corrected chi connectivity index (χ2v) is 3.65. The molecule has 0 bridgehead atoms. The maximum Gasteiger partial charge on any atom is 0.247 e. The molecule has 0 saturated heterocycles. The van der Waals surface area contributed by atoms with Gasteiger partial charge in [-0.05, 0) is 26.3 Å². The number of carbonyl (C=O) groups is 2. The molecule has 1 amide bonds. The smallest absolute Gasteiger partial charge is 0.247 e. The quantitative estimate of drug-likeness (QED) is 0.322. The maximum absolute atomic E-state index is 11.3. The number of amides is 1. The molecule has 17 heavy (non-hydrogen) atoms. The zero-order chi connectivity index (χ0) is 13.3. The monoisotopic (exact) mass is 237 g/mol. The molecule has 0 saturated carbocycles. The molecule has 0 spiro atoms. The van der Waals surface area contributed by atoms with Crippen LogP contribution in [0.1, 0.15) is 33.6 Å². The molecular formula is C13H19NO3. The topological polar surface area (TPSA) is 66.4 Å². The van der Waals surface area contributed by atoms with Crippen LogP contribution >= 0.6 is 0 Å². The zero-order valence-electron chi connectivity index (χ0n) is 10.5. The standard InChI is InChI=1S/C13H19NO3/c1-4-6-12(11(3)15)9-10(2)7-5-8-13(16)14-17/h5-7,9,17H,4,8H2,1-3H3,(H,14,16)/b7-5+,10-9+,12-6+. The summed E-state index contributed by atoms with van der Waals surface area (Å²) in [6.07, 6.45) is 7.91. The number of Topliss-reactive ketones (excluding diaryl/α,β-unsaturated/α-hetero) is 1. The van der Waals surface area contributed by atoms with Crippen LogP contribution in [0.15, 0.2) is 35.5 Å². The fraction of sp³-hybridized carbons (Fsp3) is 0.385. The lowest BCUT2D eigenvalue weighted by Gasteiger charge is -1.98. The van der Waals surface area contributed by atoms with Gasteiger partial charge in [-0.15, -0.1) is 0 Å². The summed E-state index contributed by atoms with van der Waals surface area (Å²) in [5, 5.41) is 8.29. The Kier molecular flexibility index (Phi) is 7.63. The molecule has 0 rings (SSSR count). The lowest BCUT2D eigenvalue weighted by Crippen LogP contribution is -2.16. The molecule has 94 valence electrons. The summed E-state index contributed by atoms with van der Waals surface area (Å²) in [6.45, 7) is 5.33. The predicted molar refractivity (Wildman–Crippen MR) is 66.5 cm³/mol. The van der Waals surface area contributed by atoms with Crippen molar-refractivity contribution in [2.75, 3.05) is 0 Å². The first-order chi connectivity index (χ1) is 8.01. The Bertz CT molecular complexity index is 365. The van der Waals surface area contributed by atoms with Crippen molar-refractivity contribution >= 4 is 11.7 Å². The van der Waals surface area contributed by atoms with Gasteiger partial charge in [-0.2, -0.15) is 0 Å². The molecule has 0 fully saturated rings. The number of allylic oxidation sites excluding steroid dienone is 5. The number of hydroxylamine groups is 1. The van der Waals surface area contributed by atoms with E-state index in [2.05, 4.69) is 0 Å². The van der Waals surface area contributed by atoms with Gasteiger partial charge in [0, 0.05) is 12.0 Å². The zero-order valence-corrected chi connectivity index (χ0v) is 10.5. The predicted octanol–water partition coefficient (Wildman–Crippen LogP) is 2.31. The van der Waals surface area contributed by atoms with Gasteiger partial charge < -0.3 is 0 Å². The van der Waals surface area contributed by atoms with Gasteiger partial charge in [0.1, 0.15) is 0 Å². The Balaban J connectivity index is 4.57. The third-order valence-corrected chi connectivity index (χ3v) is 2.02. The number of hydrogen-bond acceptors (Lipinski definition) is 3. The van der Waals surface area contributed by atoms with Crippen LogP contribution in [-0.2, 0) is 9.59 Å². The van der Waals surface area contributed by atoms with Crippen molar-refractivity contribution in [1.29, 1.82) is 0 Å². The van der Waals surface area contributed by atoms with Crippen LogP contribution in [0.4, 0.5) is 0 Å². The van der Waals surface area contributed by atoms with Crippen LogP contribution < -0.4 is 5.48 Å². The van der Waals surface area contributed by atoms with Crippen molar-refractivity contribution < 1.29 is 14.8 Å². The first kappa shape index (κ1) is 15.3. The Labute approximate surface area is 102 Å². The molecule has 4 nitrogen and oxygen atoms in total. The molecule has 0 radical (unpaired) electrons. The molecular weight excluding hydrogens is 218 g/mol. The fourth-order valence-electron chi connectivity index (χ4n) is 1.22. The van der Waals surface area contributed by atoms with Crippen LogP contribution in [0.5, 0.6) is 0 Å². The van der Waals surface area contributed by atoms with Crippen LogP contribution in [0.2, 0.25) is 0 Å². The van der Waals surface area contributed by atoms with Crippen molar-refractivity contribution in [3.63, 3.8) is 0 Å². The lowest BCUT2D eigenvalue weighted by atomic mass is 10.1.